The van der Waals surface area contributed by atoms with Gasteiger partial charge in [0.25, 0.3) is 0 Å². The summed E-state index contributed by atoms with van der Waals surface area (Å²) >= 11 is 0. The van der Waals surface area contributed by atoms with Gasteiger partial charge in [0, 0.05) is 6.07 Å². The molecule has 2 aromatic rings. The summed E-state index contributed by atoms with van der Waals surface area (Å²) in [7, 11) is -3.68. The molecule has 0 atom stereocenters. The molecule has 0 radical (unpaired) electrons. The minimum absolute atomic E-state index is 0.255. The van der Waals surface area contributed by atoms with Gasteiger partial charge in [0.2, 0.25) is 15.9 Å². The van der Waals surface area contributed by atoms with Crippen molar-refractivity contribution in [1.29, 1.82) is 0 Å². The molecule has 0 saturated carbocycles. The molecule has 1 aliphatic heterocycles. The SMILES string of the molecule is Cc1ccc(OCCNC(=O)CN(c2ccc3c(c2)OCCO3)S(C)(=O)=O)c(C)c1. The standard InChI is InChI=1S/C21H26N2O6S/c1-15-4-6-18(16(2)12-15)27-9-8-22-21(24)14-23(30(3,25)26)17-5-7-19-20(13-17)29-11-10-28-19/h4-7,12-13H,8-11,14H2,1-3H3,(H,22,24). The number of rotatable bonds is 8. The molecule has 162 valence electrons. The van der Waals surface area contributed by atoms with Gasteiger partial charge >= 0.3 is 0 Å². The maximum Gasteiger partial charge on any atom is 0.240 e. The van der Waals surface area contributed by atoms with Crippen molar-refractivity contribution in [2.75, 3.05) is 43.5 Å². The second-order valence-corrected chi connectivity index (χ2v) is 8.97. The second-order valence-electron chi connectivity index (χ2n) is 7.06. The highest BCUT2D eigenvalue weighted by atomic mass is 32.2. The van der Waals surface area contributed by atoms with Crippen LogP contribution in [0.15, 0.2) is 36.4 Å². The van der Waals surface area contributed by atoms with E-state index < -0.39 is 15.9 Å². The third-order valence-electron chi connectivity index (χ3n) is 4.51. The summed E-state index contributed by atoms with van der Waals surface area (Å²) in [6.07, 6.45) is 1.06. The summed E-state index contributed by atoms with van der Waals surface area (Å²) in [5, 5.41) is 2.69. The van der Waals surface area contributed by atoms with Crippen LogP contribution in [0.2, 0.25) is 0 Å². The first kappa shape index (κ1) is 21.8. The fraction of sp³-hybridized carbons (Fsp3) is 0.381. The number of anilines is 1. The summed E-state index contributed by atoms with van der Waals surface area (Å²) in [5.41, 5.74) is 2.50. The summed E-state index contributed by atoms with van der Waals surface area (Å²) in [4.78, 5) is 12.4. The van der Waals surface area contributed by atoms with Crippen LogP contribution in [0.1, 0.15) is 11.1 Å². The molecule has 9 heteroatoms. The van der Waals surface area contributed by atoms with E-state index in [0.29, 0.717) is 30.4 Å². The van der Waals surface area contributed by atoms with E-state index in [9.17, 15) is 13.2 Å². The van der Waals surface area contributed by atoms with Gasteiger partial charge in [-0.1, -0.05) is 17.7 Å². The van der Waals surface area contributed by atoms with Crippen molar-refractivity contribution in [1.82, 2.24) is 5.32 Å². The maximum atomic E-state index is 12.4. The Morgan fingerprint density at radius 3 is 2.53 bits per heavy atom. The molecule has 1 heterocycles. The summed E-state index contributed by atoms with van der Waals surface area (Å²) < 4.78 is 42.2. The number of nitrogens with one attached hydrogen (secondary N) is 1. The zero-order valence-corrected chi connectivity index (χ0v) is 18.1. The van der Waals surface area contributed by atoms with E-state index in [1.165, 1.54) is 0 Å². The van der Waals surface area contributed by atoms with Gasteiger partial charge in [0.15, 0.2) is 11.5 Å². The van der Waals surface area contributed by atoms with E-state index in [1.54, 1.807) is 18.2 Å². The van der Waals surface area contributed by atoms with Crippen molar-refractivity contribution < 1.29 is 27.4 Å². The quantitative estimate of drug-likeness (QED) is 0.639. The van der Waals surface area contributed by atoms with Crippen LogP contribution in [-0.4, -0.2) is 53.5 Å². The van der Waals surface area contributed by atoms with Crippen LogP contribution in [-0.2, 0) is 14.8 Å². The zero-order valence-electron chi connectivity index (χ0n) is 17.3. The van der Waals surface area contributed by atoms with Crippen LogP contribution in [0.3, 0.4) is 0 Å². The number of benzene rings is 2. The number of sulfonamides is 1. The topological polar surface area (TPSA) is 94.2 Å². The molecule has 0 aliphatic carbocycles. The number of aryl methyl sites for hydroxylation is 2. The van der Waals surface area contributed by atoms with E-state index in [-0.39, 0.29) is 19.7 Å². The Bertz CT molecular complexity index is 1020. The molecule has 3 rings (SSSR count). The number of fused-ring (bicyclic) bond motifs is 1. The Labute approximate surface area is 176 Å². The van der Waals surface area contributed by atoms with Crippen molar-refractivity contribution in [2.24, 2.45) is 0 Å². The largest absolute Gasteiger partial charge is 0.491 e. The van der Waals surface area contributed by atoms with E-state index in [0.717, 1.165) is 27.4 Å². The lowest BCUT2D eigenvalue weighted by atomic mass is 10.1. The molecular formula is C21H26N2O6S. The van der Waals surface area contributed by atoms with Crippen molar-refractivity contribution in [2.45, 2.75) is 13.8 Å². The Balaban J connectivity index is 1.58. The molecule has 0 saturated heterocycles. The predicted octanol–water partition coefficient (Wildman–Crippen LogP) is 2.04. The molecule has 1 aliphatic rings. The maximum absolute atomic E-state index is 12.4. The van der Waals surface area contributed by atoms with Gasteiger partial charge in [-0.2, -0.15) is 0 Å². The van der Waals surface area contributed by atoms with E-state index in [4.69, 9.17) is 14.2 Å². The highest BCUT2D eigenvalue weighted by Gasteiger charge is 2.23. The average molecular weight is 435 g/mol. The smallest absolute Gasteiger partial charge is 0.240 e. The number of ether oxygens (including phenoxy) is 3. The summed E-state index contributed by atoms with van der Waals surface area (Å²) in [6.45, 7) is 4.97. The van der Waals surface area contributed by atoms with Gasteiger partial charge in [0.05, 0.1) is 18.5 Å². The number of carbonyl (C=O) groups excluding carboxylic acids is 1. The van der Waals surface area contributed by atoms with Gasteiger partial charge in [-0.3, -0.25) is 9.10 Å². The van der Waals surface area contributed by atoms with Gasteiger partial charge in [-0.15, -0.1) is 0 Å². The lowest BCUT2D eigenvalue weighted by Crippen LogP contribution is -2.41. The molecule has 1 N–H and O–H groups in total. The summed E-state index contributed by atoms with van der Waals surface area (Å²) in [5.74, 6) is 1.32. The van der Waals surface area contributed by atoms with Crippen LogP contribution in [0.4, 0.5) is 5.69 Å². The highest BCUT2D eigenvalue weighted by Crippen LogP contribution is 2.34. The summed E-state index contributed by atoms with van der Waals surface area (Å²) in [6, 6.07) is 10.7. The number of hydrogen-bond acceptors (Lipinski definition) is 6. The number of hydrogen-bond donors (Lipinski definition) is 1. The minimum atomic E-state index is -3.68. The van der Waals surface area contributed by atoms with Crippen molar-refractivity contribution >= 4 is 21.6 Å². The predicted molar refractivity (Wildman–Crippen MR) is 114 cm³/mol. The lowest BCUT2D eigenvalue weighted by molar-refractivity contribution is -0.119. The molecule has 30 heavy (non-hydrogen) atoms. The fourth-order valence-corrected chi connectivity index (χ4v) is 3.93. The van der Waals surface area contributed by atoms with Crippen molar-refractivity contribution in [3.8, 4) is 17.2 Å². The molecule has 0 fully saturated rings. The van der Waals surface area contributed by atoms with Gasteiger partial charge < -0.3 is 19.5 Å². The van der Waals surface area contributed by atoms with Gasteiger partial charge in [-0.25, -0.2) is 8.42 Å². The first-order valence-electron chi connectivity index (χ1n) is 9.58. The van der Waals surface area contributed by atoms with Crippen LogP contribution in [0.5, 0.6) is 17.2 Å². The molecule has 1 amide bonds. The Morgan fingerprint density at radius 2 is 1.83 bits per heavy atom. The van der Waals surface area contributed by atoms with Crippen LogP contribution >= 0.6 is 0 Å². The van der Waals surface area contributed by atoms with Gasteiger partial charge in [0.1, 0.15) is 32.1 Å². The average Bonchev–Trinajstić information content (AvgIpc) is 2.69. The Morgan fingerprint density at radius 1 is 1.10 bits per heavy atom. The van der Waals surface area contributed by atoms with Crippen molar-refractivity contribution in [3.63, 3.8) is 0 Å². The lowest BCUT2D eigenvalue weighted by Gasteiger charge is -2.24. The van der Waals surface area contributed by atoms with E-state index >= 15 is 0 Å². The number of nitrogens with zero attached hydrogens (tertiary/aromatic N) is 1. The van der Waals surface area contributed by atoms with Crippen LogP contribution < -0.4 is 23.8 Å². The van der Waals surface area contributed by atoms with Crippen molar-refractivity contribution in [3.05, 3.63) is 47.5 Å². The van der Waals surface area contributed by atoms with Crippen LogP contribution in [0.25, 0.3) is 0 Å². The number of amides is 1. The molecule has 0 bridgehead atoms. The molecular weight excluding hydrogens is 408 g/mol. The molecule has 0 aromatic heterocycles. The zero-order chi connectivity index (χ0) is 21.7. The third-order valence-corrected chi connectivity index (χ3v) is 5.65. The Kier molecular flexibility index (Phi) is 6.71. The monoisotopic (exact) mass is 434 g/mol. The molecule has 2 aromatic carbocycles. The van der Waals surface area contributed by atoms with E-state index in [1.807, 2.05) is 32.0 Å². The third kappa shape index (κ3) is 5.56. The highest BCUT2D eigenvalue weighted by molar-refractivity contribution is 7.92. The minimum Gasteiger partial charge on any atom is -0.491 e. The second kappa shape index (κ2) is 9.25. The molecule has 0 unspecified atom stereocenters. The Hall–Kier alpha value is -2.94. The van der Waals surface area contributed by atoms with Gasteiger partial charge in [-0.05, 0) is 37.6 Å². The molecule has 0 spiro atoms. The normalized spacial score (nSPS) is 12.9. The fourth-order valence-electron chi connectivity index (χ4n) is 3.09. The number of carbonyl (C=O) groups is 1. The molecule has 8 nitrogen and oxygen atoms in total. The first-order chi connectivity index (χ1) is 14.2. The first-order valence-corrected chi connectivity index (χ1v) is 11.4. The van der Waals surface area contributed by atoms with E-state index in [2.05, 4.69) is 5.32 Å². The van der Waals surface area contributed by atoms with Crippen LogP contribution in [0, 0.1) is 13.8 Å².